The topological polar surface area (TPSA) is 100 Å². The van der Waals surface area contributed by atoms with Crippen LogP contribution in [0, 0.1) is 0 Å². The van der Waals surface area contributed by atoms with Gasteiger partial charge >= 0.3 is 6.18 Å². The molecule has 0 fully saturated rings. The molecular weight excluding hydrogens is 453 g/mol. The van der Waals surface area contributed by atoms with Gasteiger partial charge in [0.15, 0.2) is 5.13 Å². The fourth-order valence-electron chi connectivity index (χ4n) is 3.98. The van der Waals surface area contributed by atoms with E-state index in [-0.39, 0.29) is 12.5 Å². The maximum atomic E-state index is 12.8. The molecule has 1 amide bonds. The molecule has 3 atom stereocenters. The first-order valence-electron chi connectivity index (χ1n) is 10.4. The standard InChI is InChI=1S/C23H23F3N4O2S/c1-12(31)21(13-2-5-16(6-3-13)23(24,25)26)17(27)10-28-22-29-11-19(33-22)14-4-7-18-15(8-14)9-20(32)30-18/h2-8,11-12,17,21,31H,9-10,27H2,1H3,(H,28,29)(H,30,32)/t12?,17-,21+/m1/s1. The third-order valence-corrected chi connectivity index (χ3v) is 6.62. The molecule has 33 heavy (non-hydrogen) atoms. The Hall–Kier alpha value is -2.95. The van der Waals surface area contributed by atoms with Crippen LogP contribution in [0.15, 0.2) is 48.7 Å². The summed E-state index contributed by atoms with van der Waals surface area (Å²) in [5, 5.41) is 16.8. The number of nitrogens with zero attached hydrogens (tertiary/aromatic N) is 1. The van der Waals surface area contributed by atoms with E-state index < -0.39 is 29.8 Å². The number of amides is 1. The number of hydrogen-bond donors (Lipinski definition) is 4. The van der Waals surface area contributed by atoms with E-state index in [2.05, 4.69) is 15.6 Å². The average Bonchev–Trinajstić information content (AvgIpc) is 3.37. The number of fused-ring (bicyclic) bond motifs is 1. The summed E-state index contributed by atoms with van der Waals surface area (Å²) in [7, 11) is 0. The molecule has 3 aromatic rings. The van der Waals surface area contributed by atoms with E-state index in [0.717, 1.165) is 33.8 Å². The lowest BCUT2D eigenvalue weighted by Gasteiger charge is -2.27. The second kappa shape index (κ2) is 9.12. The molecule has 174 valence electrons. The van der Waals surface area contributed by atoms with Crippen molar-refractivity contribution in [3.63, 3.8) is 0 Å². The smallest absolute Gasteiger partial charge is 0.393 e. The van der Waals surface area contributed by atoms with Crippen molar-refractivity contribution in [3.8, 4) is 10.4 Å². The molecule has 0 spiro atoms. The largest absolute Gasteiger partial charge is 0.416 e. The predicted octanol–water partition coefficient (Wildman–Crippen LogP) is 4.23. The molecular formula is C23H23F3N4O2S. The second-order valence-corrected chi connectivity index (χ2v) is 9.09. The lowest BCUT2D eigenvalue weighted by atomic mass is 9.87. The van der Waals surface area contributed by atoms with Gasteiger partial charge in [0.05, 0.1) is 23.0 Å². The first kappa shape index (κ1) is 23.2. The summed E-state index contributed by atoms with van der Waals surface area (Å²) in [6.45, 7) is 1.84. The molecule has 4 rings (SSSR count). The summed E-state index contributed by atoms with van der Waals surface area (Å²) in [6.07, 6.45) is -3.19. The van der Waals surface area contributed by atoms with Crippen LogP contribution in [0.4, 0.5) is 24.0 Å². The zero-order valence-electron chi connectivity index (χ0n) is 17.7. The molecule has 2 heterocycles. The van der Waals surface area contributed by atoms with E-state index >= 15 is 0 Å². The van der Waals surface area contributed by atoms with Gasteiger partial charge < -0.3 is 21.5 Å². The fourth-order valence-corrected chi connectivity index (χ4v) is 4.80. The third kappa shape index (κ3) is 5.18. The summed E-state index contributed by atoms with van der Waals surface area (Å²) in [6, 6.07) is 9.90. The number of hydrogen-bond acceptors (Lipinski definition) is 6. The van der Waals surface area contributed by atoms with Crippen LogP contribution in [0.5, 0.6) is 0 Å². The van der Waals surface area contributed by atoms with E-state index in [9.17, 15) is 23.1 Å². The van der Waals surface area contributed by atoms with Crippen LogP contribution in [-0.2, 0) is 17.4 Å². The molecule has 5 N–H and O–H groups in total. The molecule has 1 aliphatic rings. The summed E-state index contributed by atoms with van der Waals surface area (Å²) in [5.74, 6) is -0.579. The van der Waals surface area contributed by atoms with Gasteiger partial charge in [-0.3, -0.25) is 4.79 Å². The number of carbonyl (C=O) groups is 1. The van der Waals surface area contributed by atoms with Crippen LogP contribution in [0.2, 0.25) is 0 Å². The number of benzene rings is 2. The van der Waals surface area contributed by atoms with Gasteiger partial charge in [-0.25, -0.2) is 4.98 Å². The van der Waals surface area contributed by atoms with E-state index in [0.29, 0.717) is 17.1 Å². The van der Waals surface area contributed by atoms with Crippen LogP contribution in [0.3, 0.4) is 0 Å². The summed E-state index contributed by atoms with van der Waals surface area (Å²) in [5.41, 5.74) is 8.82. The maximum Gasteiger partial charge on any atom is 0.416 e. The Morgan fingerprint density at radius 1 is 1.24 bits per heavy atom. The lowest BCUT2D eigenvalue weighted by Crippen LogP contribution is -2.40. The highest BCUT2D eigenvalue weighted by Crippen LogP contribution is 2.34. The number of nitrogens with two attached hydrogens (primary N) is 1. The van der Waals surface area contributed by atoms with Crippen molar-refractivity contribution in [1.29, 1.82) is 0 Å². The Balaban J connectivity index is 1.42. The van der Waals surface area contributed by atoms with Crippen LogP contribution in [-0.4, -0.2) is 34.7 Å². The van der Waals surface area contributed by atoms with E-state index in [1.54, 1.807) is 13.1 Å². The van der Waals surface area contributed by atoms with Crippen molar-refractivity contribution in [3.05, 3.63) is 65.4 Å². The Morgan fingerprint density at radius 3 is 2.64 bits per heavy atom. The number of halogens is 3. The minimum atomic E-state index is -4.42. The molecule has 0 radical (unpaired) electrons. The van der Waals surface area contributed by atoms with Crippen LogP contribution in [0.25, 0.3) is 10.4 Å². The quantitative estimate of drug-likeness (QED) is 0.409. The number of aliphatic hydroxyl groups is 1. The lowest BCUT2D eigenvalue weighted by molar-refractivity contribution is -0.137. The number of nitrogens with one attached hydrogen (secondary N) is 2. The van der Waals surface area contributed by atoms with Gasteiger partial charge in [-0.2, -0.15) is 13.2 Å². The summed E-state index contributed by atoms with van der Waals surface area (Å²) < 4.78 is 38.5. The predicted molar refractivity (Wildman–Crippen MR) is 122 cm³/mol. The van der Waals surface area contributed by atoms with E-state index in [1.165, 1.54) is 23.5 Å². The second-order valence-electron chi connectivity index (χ2n) is 8.06. The molecule has 0 bridgehead atoms. The Kier molecular flexibility index (Phi) is 6.42. The van der Waals surface area contributed by atoms with Crippen LogP contribution < -0.4 is 16.4 Å². The molecule has 0 saturated carbocycles. The van der Waals surface area contributed by atoms with Gasteiger partial charge in [0.25, 0.3) is 0 Å². The van der Waals surface area contributed by atoms with E-state index in [4.69, 9.17) is 5.73 Å². The van der Waals surface area contributed by atoms with Crippen molar-refractivity contribution >= 4 is 28.1 Å². The van der Waals surface area contributed by atoms with Gasteiger partial charge in [-0.15, -0.1) is 0 Å². The molecule has 1 unspecified atom stereocenters. The van der Waals surface area contributed by atoms with Crippen LogP contribution >= 0.6 is 11.3 Å². The Labute approximate surface area is 192 Å². The number of anilines is 2. The zero-order chi connectivity index (χ0) is 23.8. The molecule has 2 aromatic carbocycles. The number of aromatic nitrogens is 1. The Morgan fingerprint density at radius 2 is 1.97 bits per heavy atom. The number of alkyl halides is 3. The normalized spacial score (nSPS) is 16.1. The van der Waals surface area contributed by atoms with Gasteiger partial charge in [0, 0.05) is 30.4 Å². The van der Waals surface area contributed by atoms with Gasteiger partial charge in [-0.05, 0) is 47.9 Å². The van der Waals surface area contributed by atoms with Gasteiger partial charge in [0.2, 0.25) is 5.91 Å². The number of aliphatic hydroxyl groups excluding tert-OH is 1. The van der Waals surface area contributed by atoms with Gasteiger partial charge in [0.1, 0.15) is 0 Å². The highest BCUT2D eigenvalue weighted by molar-refractivity contribution is 7.18. The fraction of sp³-hybridized carbons (Fsp3) is 0.304. The summed E-state index contributed by atoms with van der Waals surface area (Å²) in [4.78, 5) is 16.8. The Bertz CT molecular complexity index is 1150. The van der Waals surface area contributed by atoms with E-state index in [1.807, 2.05) is 18.2 Å². The van der Waals surface area contributed by atoms with Crippen LogP contribution in [0.1, 0.15) is 29.5 Å². The summed E-state index contributed by atoms with van der Waals surface area (Å²) >= 11 is 1.42. The molecule has 6 nitrogen and oxygen atoms in total. The highest BCUT2D eigenvalue weighted by Gasteiger charge is 2.31. The maximum absolute atomic E-state index is 12.8. The van der Waals surface area contributed by atoms with Crippen molar-refractivity contribution in [2.75, 3.05) is 17.2 Å². The zero-order valence-corrected chi connectivity index (χ0v) is 18.5. The number of carbonyl (C=O) groups excluding carboxylic acids is 1. The first-order chi connectivity index (χ1) is 15.6. The van der Waals surface area contributed by atoms with Gasteiger partial charge in [-0.1, -0.05) is 29.5 Å². The molecule has 10 heteroatoms. The monoisotopic (exact) mass is 476 g/mol. The molecule has 1 aromatic heterocycles. The number of thiazole rings is 1. The molecule has 0 saturated heterocycles. The van der Waals surface area contributed by atoms with Crippen molar-refractivity contribution in [1.82, 2.24) is 4.98 Å². The van der Waals surface area contributed by atoms with Crippen molar-refractivity contribution in [2.45, 2.75) is 37.6 Å². The van der Waals surface area contributed by atoms with Crippen molar-refractivity contribution in [2.24, 2.45) is 5.73 Å². The minimum absolute atomic E-state index is 0.0245. The number of rotatable bonds is 7. The van der Waals surface area contributed by atoms with Crippen molar-refractivity contribution < 1.29 is 23.1 Å². The average molecular weight is 477 g/mol. The minimum Gasteiger partial charge on any atom is -0.393 e. The molecule has 1 aliphatic heterocycles. The molecule has 0 aliphatic carbocycles. The third-order valence-electron chi connectivity index (χ3n) is 5.61. The highest BCUT2D eigenvalue weighted by atomic mass is 32.1. The SMILES string of the molecule is CC(O)[C@@H](c1ccc(C(F)(F)F)cc1)[C@H](N)CNc1ncc(-c2ccc3c(c2)CC(=O)N3)s1. The first-order valence-corrected chi connectivity index (χ1v) is 11.2.